The lowest BCUT2D eigenvalue weighted by molar-refractivity contribution is 0.297. The van der Waals surface area contributed by atoms with Crippen molar-refractivity contribution in [3.05, 3.63) is 23.9 Å². The topological polar surface area (TPSA) is 72.0 Å². The second-order valence-electron chi connectivity index (χ2n) is 2.97. The van der Waals surface area contributed by atoms with Gasteiger partial charge in [0.25, 0.3) is 0 Å². The van der Waals surface area contributed by atoms with Crippen LogP contribution in [-0.4, -0.2) is 17.4 Å². The minimum atomic E-state index is -0.00963. The van der Waals surface area contributed by atoms with Crippen molar-refractivity contribution in [1.82, 2.24) is 4.98 Å². The van der Waals surface area contributed by atoms with Gasteiger partial charge in [-0.1, -0.05) is 13.3 Å². The van der Waals surface area contributed by atoms with E-state index in [1.165, 1.54) is 0 Å². The highest BCUT2D eigenvalue weighted by molar-refractivity contribution is 5.96. The van der Waals surface area contributed by atoms with Gasteiger partial charge in [0.2, 0.25) is 5.88 Å². The Hall–Kier alpha value is -1.58. The Morgan fingerprint density at radius 3 is 3.07 bits per heavy atom. The van der Waals surface area contributed by atoms with Crippen molar-refractivity contribution in [2.24, 2.45) is 5.73 Å². The van der Waals surface area contributed by atoms with Gasteiger partial charge in [0, 0.05) is 6.20 Å². The number of ether oxygens (including phenoxy) is 1. The number of hydrogen-bond acceptors (Lipinski definition) is 3. The summed E-state index contributed by atoms with van der Waals surface area (Å²) >= 11 is 0. The maximum absolute atomic E-state index is 7.31. The van der Waals surface area contributed by atoms with Crippen LogP contribution < -0.4 is 10.5 Å². The molecule has 0 aromatic carbocycles. The molecule has 1 aromatic rings. The van der Waals surface area contributed by atoms with Gasteiger partial charge in [-0.05, 0) is 18.6 Å². The molecule has 1 heterocycles. The molecule has 0 aliphatic heterocycles. The van der Waals surface area contributed by atoms with E-state index in [9.17, 15) is 0 Å². The average Bonchev–Trinajstić information content (AvgIpc) is 2.19. The summed E-state index contributed by atoms with van der Waals surface area (Å²) in [7, 11) is 0. The Bertz CT molecular complexity index is 312. The van der Waals surface area contributed by atoms with Crippen LogP contribution in [0.25, 0.3) is 0 Å². The molecule has 0 saturated heterocycles. The van der Waals surface area contributed by atoms with Gasteiger partial charge in [0.15, 0.2) is 0 Å². The molecule has 76 valence electrons. The zero-order valence-corrected chi connectivity index (χ0v) is 8.29. The van der Waals surface area contributed by atoms with Crippen molar-refractivity contribution in [2.75, 3.05) is 6.61 Å². The number of nitrogens with one attached hydrogen (secondary N) is 1. The summed E-state index contributed by atoms with van der Waals surface area (Å²) < 4.78 is 5.41. The highest BCUT2D eigenvalue weighted by atomic mass is 16.5. The average molecular weight is 193 g/mol. The number of amidine groups is 1. The first-order chi connectivity index (χ1) is 6.75. The molecule has 3 N–H and O–H groups in total. The van der Waals surface area contributed by atoms with Gasteiger partial charge in [-0.25, -0.2) is 4.98 Å². The maximum atomic E-state index is 7.31. The summed E-state index contributed by atoms with van der Waals surface area (Å²) in [6, 6.07) is 3.47. The van der Waals surface area contributed by atoms with Gasteiger partial charge < -0.3 is 10.5 Å². The molecule has 0 fully saturated rings. The Morgan fingerprint density at radius 1 is 1.64 bits per heavy atom. The van der Waals surface area contributed by atoms with E-state index in [4.69, 9.17) is 15.9 Å². The quantitative estimate of drug-likeness (QED) is 0.423. The fraction of sp³-hybridized carbons (Fsp3) is 0.400. The predicted molar refractivity (Wildman–Crippen MR) is 55.7 cm³/mol. The zero-order chi connectivity index (χ0) is 10.4. The summed E-state index contributed by atoms with van der Waals surface area (Å²) in [6.45, 7) is 2.71. The first-order valence-electron chi connectivity index (χ1n) is 4.68. The van der Waals surface area contributed by atoms with Gasteiger partial charge in [0.05, 0.1) is 12.2 Å². The zero-order valence-electron chi connectivity index (χ0n) is 8.29. The van der Waals surface area contributed by atoms with E-state index < -0.39 is 0 Å². The Morgan fingerprint density at radius 2 is 2.43 bits per heavy atom. The summed E-state index contributed by atoms with van der Waals surface area (Å²) in [4.78, 5) is 4.03. The molecule has 0 radical (unpaired) electrons. The molecule has 0 bridgehead atoms. The molecule has 0 saturated carbocycles. The standard InChI is InChI=1S/C10H15N3O/c1-2-3-7-14-10-8(9(11)12)5-4-6-13-10/h4-6H,2-3,7H2,1H3,(H3,11,12). The van der Waals surface area contributed by atoms with E-state index in [1.54, 1.807) is 18.3 Å². The third-order valence-electron chi connectivity index (χ3n) is 1.80. The molecule has 1 rings (SSSR count). The maximum Gasteiger partial charge on any atom is 0.224 e. The smallest absolute Gasteiger partial charge is 0.224 e. The molecular formula is C10H15N3O. The lowest BCUT2D eigenvalue weighted by Crippen LogP contribution is -2.14. The molecule has 4 heteroatoms. The number of nitrogens with zero attached hydrogens (tertiary/aromatic N) is 1. The number of unbranched alkanes of at least 4 members (excludes halogenated alkanes) is 1. The number of aromatic nitrogens is 1. The third-order valence-corrected chi connectivity index (χ3v) is 1.80. The van der Waals surface area contributed by atoms with E-state index >= 15 is 0 Å². The number of nitrogens with two attached hydrogens (primary N) is 1. The van der Waals surface area contributed by atoms with Crippen molar-refractivity contribution >= 4 is 5.84 Å². The fourth-order valence-corrected chi connectivity index (χ4v) is 1.02. The normalized spacial score (nSPS) is 9.79. The van der Waals surface area contributed by atoms with Crippen LogP contribution in [0.15, 0.2) is 18.3 Å². The van der Waals surface area contributed by atoms with E-state index in [1.807, 2.05) is 0 Å². The Balaban J connectivity index is 2.69. The first-order valence-corrected chi connectivity index (χ1v) is 4.68. The highest BCUT2D eigenvalue weighted by Crippen LogP contribution is 2.13. The minimum Gasteiger partial charge on any atom is -0.477 e. The van der Waals surface area contributed by atoms with Crippen LogP contribution >= 0.6 is 0 Å². The molecule has 0 amide bonds. The molecule has 0 aliphatic carbocycles. The lowest BCUT2D eigenvalue weighted by Gasteiger charge is -2.07. The fourth-order valence-electron chi connectivity index (χ4n) is 1.02. The second-order valence-corrected chi connectivity index (χ2v) is 2.97. The second kappa shape index (κ2) is 5.21. The van der Waals surface area contributed by atoms with Gasteiger partial charge in [-0.3, -0.25) is 5.41 Å². The Labute approximate surface area is 83.6 Å². The van der Waals surface area contributed by atoms with Crippen LogP contribution in [-0.2, 0) is 0 Å². The van der Waals surface area contributed by atoms with Crippen LogP contribution in [0.1, 0.15) is 25.3 Å². The van der Waals surface area contributed by atoms with E-state index in [0.717, 1.165) is 12.8 Å². The molecule has 0 atom stereocenters. The highest BCUT2D eigenvalue weighted by Gasteiger charge is 2.06. The van der Waals surface area contributed by atoms with Crippen molar-refractivity contribution in [3.63, 3.8) is 0 Å². The largest absolute Gasteiger partial charge is 0.477 e. The number of pyridine rings is 1. The van der Waals surface area contributed by atoms with E-state index in [0.29, 0.717) is 18.1 Å². The number of rotatable bonds is 5. The van der Waals surface area contributed by atoms with Gasteiger partial charge in [-0.2, -0.15) is 0 Å². The lowest BCUT2D eigenvalue weighted by atomic mass is 10.2. The van der Waals surface area contributed by atoms with E-state index in [-0.39, 0.29) is 5.84 Å². The molecule has 14 heavy (non-hydrogen) atoms. The van der Waals surface area contributed by atoms with Crippen LogP contribution in [0, 0.1) is 5.41 Å². The van der Waals surface area contributed by atoms with Crippen LogP contribution in [0.4, 0.5) is 0 Å². The third kappa shape index (κ3) is 2.73. The summed E-state index contributed by atoms with van der Waals surface area (Å²) in [5, 5.41) is 7.31. The Kier molecular flexibility index (Phi) is 3.91. The molecule has 0 aliphatic rings. The predicted octanol–water partition coefficient (Wildman–Crippen LogP) is 1.54. The molecule has 0 unspecified atom stereocenters. The van der Waals surface area contributed by atoms with Crippen molar-refractivity contribution in [2.45, 2.75) is 19.8 Å². The summed E-state index contributed by atoms with van der Waals surface area (Å²) in [6.07, 6.45) is 3.68. The van der Waals surface area contributed by atoms with Gasteiger partial charge in [-0.15, -0.1) is 0 Å². The summed E-state index contributed by atoms with van der Waals surface area (Å²) in [5.74, 6) is 0.443. The number of hydrogen-bond donors (Lipinski definition) is 2. The van der Waals surface area contributed by atoms with Crippen molar-refractivity contribution in [1.29, 1.82) is 5.41 Å². The molecular weight excluding hydrogens is 178 g/mol. The monoisotopic (exact) mass is 193 g/mol. The van der Waals surface area contributed by atoms with E-state index in [2.05, 4.69) is 11.9 Å². The van der Waals surface area contributed by atoms with Crippen molar-refractivity contribution < 1.29 is 4.74 Å². The van der Waals surface area contributed by atoms with Crippen molar-refractivity contribution in [3.8, 4) is 5.88 Å². The van der Waals surface area contributed by atoms with Crippen LogP contribution in [0.2, 0.25) is 0 Å². The summed E-state index contributed by atoms with van der Waals surface area (Å²) in [5.41, 5.74) is 5.94. The molecule has 1 aromatic heterocycles. The molecule has 4 nitrogen and oxygen atoms in total. The van der Waals surface area contributed by atoms with Crippen LogP contribution in [0.5, 0.6) is 5.88 Å². The van der Waals surface area contributed by atoms with Crippen LogP contribution in [0.3, 0.4) is 0 Å². The van der Waals surface area contributed by atoms with Gasteiger partial charge in [0.1, 0.15) is 5.84 Å². The number of nitrogen functional groups attached to an aromatic ring is 1. The molecule has 0 spiro atoms. The minimum absolute atomic E-state index is 0.00963. The SMILES string of the molecule is CCCCOc1ncccc1C(=N)N. The first kappa shape index (κ1) is 10.5. The van der Waals surface area contributed by atoms with Gasteiger partial charge >= 0.3 is 0 Å².